The number of fused-ring (bicyclic) bond motifs is 5. The number of methoxy groups -OCH3 is 1. The van der Waals surface area contributed by atoms with Gasteiger partial charge in [-0.3, -0.25) is 5.32 Å². The molecule has 0 radical (unpaired) electrons. The first kappa shape index (κ1) is 102. The molecule has 750 valence electrons. The number of amides is 1. The summed E-state index contributed by atoms with van der Waals surface area (Å²) in [6, 6.07) is 87.8. The van der Waals surface area contributed by atoms with Crippen LogP contribution in [0.5, 0.6) is 0 Å². The van der Waals surface area contributed by atoms with Crippen LogP contribution in [0.1, 0.15) is 113 Å². The lowest BCUT2D eigenvalue weighted by Gasteiger charge is -2.34. The molecule has 2 aliphatic rings. The number of sulfonamides is 3. The van der Waals surface area contributed by atoms with Crippen molar-refractivity contribution < 1.29 is 39.5 Å². The number of nitrogens with one attached hydrogen (secondary N) is 7. The average Bonchev–Trinajstić information content (AvgIpc) is 1.46. The molecule has 0 unspecified atom stereocenters. The average molecular weight is 2010 g/mol. The number of pyridine rings is 6. The summed E-state index contributed by atoms with van der Waals surface area (Å²) < 4.78 is 104. The standard InChI is InChI=1S/C27H33N7O2S.C26H30N6O3S.C21H22N6O2S.C17H18N4O2.C15H16N4/c1-27(2,3)31-37(35,36)23-8-5-7-20(19-23)24-9-6-10-25-29-26(30-34(24)25)28-21-11-13-22(14-12-21)33-17-15-32(4)16-18-33;1-26(2,3)30-36(33,34)22-7-4-6-19(18-22)23-8-5-9-24-28-25(29-32(23)24)27-20-10-12-21(13-11-20)31-14-16-35-17-15-31;1-21(2,3)26-30(28,29)16-9-6-8-15(14-16)17-10-7-12-19-24-20(25-27(17)19)23-18-11-4-5-13-22-18;1-11(2)12-6-4-7-13(10-12)14-8-5-9-15-18-16(20-21(14)15)19-17(22)23-3;1-10(2)11-5-3-6-12(9-11)13-7-4-8-14-17-15(16)18-19(13)14/h5-14,19,31H,15-18H2,1-4H3,(H,28,30);4-13,18,30H,14-17H2,1-3H3,(H,27,29);4-14,26H,1-3H3,(H,22,23,25);4-11H,1-3H3,(H,19,20,22);3-10H,1-2H3,(H2,16,18). The molecule has 20 rings (SSSR count). The number of anilines is 10. The van der Waals surface area contributed by atoms with Crippen LogP contribution in [0.25, 0.3) is 84.5 Å². The minimum Gasteiger partial charge on any atom is -0.453 e. The maximum atomic E-state index is 12.9. The zero-order valence-electron chi connectivity index (χ0n) is 83.4. The number of nitrogens with zero attached hydrogens (tertiary/aromatic N) is 19. The Labute approximate surface area is 843 Å². The lowest BCUT2D eigenvalue weighted by molar-refractivity contribution is 0.122. The van der Waals surface area contributed by atoms with E-state index in [1.54, 1.807) is 104 Å². The topological polar surface area (TPSA) is 422 Å². The molecule has 0 aliphatic carbocycles. The predicted molar refractivity (Wildman–Crippen MR) is 571 cm³/mol. The molecule has 1 amide bonds. The van der Waals surface area contributed by atoms with Gasteiger partial charge in [0.15, 0.2) is 28.2 Å². The highest BCUT2D eigenvalue weighted by molar-refractivity contribution is 7.90. The van der Waals surface area contributed by atoms with Crippen molar-refractivity contribution in [3.8, 4) is 56.3 Å². The molecule has 0 spiro atoms. The van der Waals surface area contributed by atoms with Crippen molar-refractivity contribution in [2.75, 3.05) is 103 Å². The molecule has 2 saturated heterocycles. The first-order valence-electron chi connectivity index (χ1n) is 47.4. The molecule has 145 heavy (non-hydrogen) atoms. The maximum absolute atomic E-state index is 12.9. The number of nitrogens with two attached hydrogens (primary N) is 1. The molecular weight excluding hydrogens is 1890 g/mol. The van der Waals surface area contributed by atoms with E-state index in [0.29, 0.717) is 69.6 Å². The van der Waals surface area contributed by atoms with Crippen LogP contribution >= 0.6 is 0 Å². The Morgan fingerprint density at radius 1 is 0.366 bits per heavy atom. The molecule has 39 heteroatoms. The van der Waals surface area contributed by atoms with Crippen LogP contribution in [0.3, 0.4) is 0 Å². The molecule has 2 fully saturated rings. The number of benzene rings is 7. The largest absolute Gasteiger partial charge is 0.453 e. The number of ether oxygens (including phenoxy) is 2. The molecule has 13 heterocycles. The number of hydrogen-bond acceptors (Lipinski definition) is 27. The van der Waals surface area contributed by atoms with E-state index in [-0.39, 0.29) is 20.6 Å². The second-order valence-electron chi connectivity index (χ2n) is 38.5. The molecule has 18 aromatic rings. The molecular formula is C106H119N27O9S3. The van der Waals surface area contributed by atoms with Crippen LogP contribution in [0.4, 0.5) is 63.1 Å². The van der Waals surface area contributed by atoms with Gasteiger partial charge in [0.25, 0.3) is 5.95 Å². The van der Waals surface area contributed by atoms with Gasteiger partial charge < -0.3 is 45.9 Å². The van der Waals surface area contributed by atoms with Gasteiger partial charge in [0, 0.05) is 113 Å². The van der Waals surface area contributed by atoms with Gasteiger partial charge in [-0.05, 0) is 262 Å². The molecule has 9 N–H and O–H groups in total. The van der Waals surface area contributed by atoms with Crippen molar-refractivity contribution in [1.82, 2.24) is 97.0 Å². The second kappa shape index (κ2) is 43.8. The smallest absolute Gasteiger partial charge is 0.413 e. The highest BCUT2D eigenvalue weighted by Gasteiger charge is 2.28. The number of morpholine rings is 1. The lowest BCUT2D eigenvalue weighted by atomic mass is 9.99. The van der Waals surface area contributed by atoms with Crippen LogP contribution < -0.4 is 51.0 Å². The summed E-state index contributed by atoms with van der Waals surface area (Å²) in [7, 11) is -7.53. The van der Waals surface area contributed by atoms with Crippen molar-refractivity contribution in [2.24, 2.45) is 0 Å². The number of aromatic nitrogens is 16. The van der Waals surface area contributed by atoms with Crippen LogP contribution in [0, 0.1) is 0 Å². The van der Waals surface area contributed by atoms with E-state index in [9.17, 15) is 30.0 Å². The zero-order chi connectivity index (χ0) is 103. The summed E-state index contributed by atoms with van der Waals surface area (Å²) in [5.41, 5.74) is 22.5. The second-order valence-corrected chi connectivity index (χ2v) is 43.6. The number of nitrogen functional groups attached to an aromatic ring is 1. The van der Waals surface area contributed by atoms with Gasteiger partial charge in [-0.15, -0.1) is 25.5 Å². The normalized spacial score (nSPS) is 13.3. The van der Waals surface area contributed by atoms with Gasteiger partial charge in [0.05, 0.1) is 63.5 Å². The maximum Gasteiger partial charge on any atom is 0.413 e. The number of likely N-dealkylation sites (N-methyl/N-ethyl adjacent to an activating group) is 1. The number of carbonyl (C=O) groups is 1. The summed E-state index contributed by atoms with van der Waals surface area (Å²) in [5.74, 6) is 3.42. The van der Waals surface area contributed by atoms with E-state index in [1.165, 1.54) is 23.9 Å². The Morgan fingerprint density at radius 3 is 1.04 bits per heavy atom. The van der Waals surface area contributed by atoms with Gasteiger partial charge in [-0.1, -0.05) is 137 Å². The van der Waals surface area contributed by atoms with Gasteiger partial charge >= 0.3 is 6.09 Å². The molecule has 36 nitrogen and oxygen atoms in total. The number of carbonyl (C=O) groups excluding carboxylic acids is 1. The fourth-order valence-corrected chi connectivity index (χ4v) is 20.6. The Hall–Kier alpha value is -15.5. The van der Waals surface area contributed by atoms with Gasteiger partial charge in [0.1, 0.15) is 5.82 Å². The Bertz CT molecular complexity index is 7980. The van der Waals surface area contributed by atoms with Crippen LogP contribution in [0.15, 0.2) is 300 Å². The van der Waals surface area contributed by atoms with E-state index in [0.717, 1.165) is 126 Å². The first-order valence-corrected chi connectivity index (χ1v) is 51.9. The van der Waals surface area contributed by atoms with Crippen molar-refractivity contribution in [2.45, 2.75) is 133 Å². The zero-order valence-corrected chi connectivity index (χ0v) is 85.9. The van der Waals surface area contributed by atoms with E-state index in [2.05, 4.69) is 206 Å². The van der Waals surface area contributed by atoms with Crippen molar-refractivity contribution in [1.29, 1.82) is 0 Å². The third kappa shape index (κ3) is 26.1. The summed E-state index contributed by atoms with van der Waals surface area (Å²) in [4.78, 5) is 45.4. The Balaban J connectivity index is 0.000000132. The molecule has 0 saturated carbocycles. The van der Waals surface area contributed by atoms with Crippen molar-refractivity contribution >= 4 is 123 Å². The molecule has 7 aromatic carbocycles. The van der Waals surface area contributed by atoms with Gasteiger partial charge in [-0.2, -0.15) is 24.9 Å². The number of hydrogen-bond donors (Lipinski definition) is 8. The SMILES string of the molecule is CC(C)(C)NS(=O)(=O)c1cccc(-c2cccc3nc(Nc4ccc(N5CCOCC5)cc4)nn23)c1.CC(C)(C)NS(=O)(=O)c1cccc(-c2cccc3nc(Nc4ccccn4)nn23)c1.CC(C)c1cccc(-c2cccc3nc(N)nn23)c1.CN1CCN(c2ccc(Nc3nc4cccc(-c5cccc(S(=O)(=O)NC(C)(C)C)c5)n4n3)cc2)CC1.COC(=O)Nc1nc2cccc(-c3cccc(C(C)C)c3)n2n1. The molecule has 0 bridgehead atoms. The number of rotatable bonds is 22. The molecule has 2 aliphatic heterocycles. The fraction of sp³-hybridized carbons (Fsp3) is 0.264. The first-order chi connectivity index (χ1) is 69.2. The Kier molecular flexibility index (Phi) is 30.9. The van der Waals surface area contributed by atoms with Crippen molar-refractivity contribution in [3.05, 3.63) is 296 Å². The minimum atomic E-state index is -3.67. The fourth-order valence-electron chi connectivity index (χ4n) is 16.2. The van der Waals surface area contributed by atoms with Crippen LogP contribution in [-0.2, 0) is 39.5 Å². The van der Waals surface area contributed by atoms with E-state index in [4.69, 9.17) is 10.5 Å². The Morgan fingerprint density at radius 2 is 0.690 bits per heavy atom. The van der Waals surface area contributed by atoms with Gasteiger partial charge in [0.2, 0.25) is 53.9 Å². The quantitative estimate of drug-likeness (QED) is 0.0312. The minimum absolute atomic E-state index is 0.193. The molecule has 0 atom stereocenters. The van der Waals surface area contributed by atoms with E-state index < -0.39 is 52.8 Å². The van der Waals surface area contributed by atoms with E-state index >= 15 is 0 Å². The predicted octanol–water partition coefficient (Wildman–Crippen LogP) is 18.4. The summed E-state index contributed by atoms with van der Waals surface area (Å²) in [6.45, 7) is 32.5. The van der Waals surface area contributed by atoms with E-state index in [1.807, 2.05) is 205 Å². The summed E-state index contributed by atoms with van der Waals surface area (Å²) in [5, 5.41) is 34.6. The number of piperazine rings is 1. The van der Waals surface area contributed by atoms with Gasteiger partial charge in [-0.25, -0.2) is 71.8 Å². The monoisotopic (exact) mass is 2010 g/mol. The van der Waals surface area contributed by atoms with Crippen LogP contribution in [-0.4, -0.2) is 197 Å². The molecule has 11 aromatic heterocycles. The lowest BCUT2D eigenvalue weighted by Crippen LogP contribution is -2.44. The van der Waals surface area contributed by atoms with Crippen LogP contribution in [0.2, 0.25) is 0 Å². The highest BCUT2D eigenvalue weighted by Crippen LogP contribution is 2.34. The third-order valence-electron chi connectivity index (χ3n) is 23.0. The summed E-state index contributed by atoms with van der Waals surface area (Å²) >= 11 is 0. The van der Waals surface area contributed by atoms with Crippen molar-refractivity contribution in [3.63, 3.8) is 0 Å². The summed E-state index contributed by atoms with van der Waals surface area (Å²) in [6.07, 6.45) is 1.09. The highest BCUT2D eigenvalue weighted by atomic mass is 32.2. The third-order valence-corrected chi connectivity index (χ3v) is 28.2.